The molecule has 1 aliphatic heterocycles. The zero-order valence-electron chi connectivity index (χ0n) is 13.5. The maximum absolute atomic E-state index is 3.69. The molecule has 0 spiro atoms. The first kappa shape index (κ1) is 16.9. The van der Waals surface area contributed by atoms with Crippen LogP contribution in [0.5, 0.6) is 0 Å². The summed E-state index contributed by atoms with van der Waals surface area (Å²) in [5.41, 5.74) is 0. The summed E-state index contributed by atoms with van der Waals surface area (Å²) in [6, 6.07) is 2.05. The summed E-state index contributed by atoms with van der Waals surface area (Å²) in [6.45, 7) is 10.4. The van der Waals surface area contributed by atoms with Crippen molar-refractivity contribution in [1.29, 1.82) is 0 Å². The molecule has 1 saturated heterocycles. The third-order valence-electron chi connectivity index (χ3n) is 4.60. The molecule has 3 unspecified atom stereocenters. The molecule has 0 aromatic heterocycles. The molecule has 0 aromatic rings. The predicted octanol–water partition coefficient (Wildman–Crippen LogP) is 2.62. The van der Waals surface area contributed by atoms with Crippen LogP contribution in [0.1, 0.15) is 59.3 Å². The van der Waals surface area contributed by atoms with Crippen molar-refractivity contribution in [2.75, 3.05) is 26.7 Å². The molecule has 3 atom stereocenters. The van der Waals surface area contributed by atoms with E-state index in [0.29, 0.717) is 12.1 Å². The van der Waals surface area contributed by atoms with E-state index in [1.807, 2.05) is 0 Å². The minimum atomic E-state index is 0.626. The Labute approximate surface area is 120 Å². The first-order valence-electron chi connectivity index (χ1n) is 8.30. The van der Waals surface area contributed by atoms with E-state index in [-0.39, 0.29) is 0 Å². The Morgan fingerprint density at radius 3 is 2.79 bits per heavy atom. The van der Waals surface area contributed by atoms with Crippen molar-refractivity contribution in [1.82, 2.24) is 15.5 Å². The summed E-state index contributed by atoms with van der Waals surface area (Å²) in [4.78, 5) is 2.45. The average molecular weight is 269 g/mol. The van der Waals surface area contributed by atoms with Gasteiger partial charge in [-0.15, -0.1) is 0 Å². The monoisotopic (exact) mass is 269 g/mol. The molecule has 1 rings (SSSR count). The maximum Gasteiger partial charge on any atom is 0.0107 e. The SMILES string of the molecule is CCC(C)N(C)CCNC(C)CC1CCCCCN1. The van der Waals surface area contributed by atoms with Crippen LogP contribution in [0.15, 0.2) is 0 Å². The van der Waals surface area contributed by atoms with Crippen LogP contribution in [0.4, 0.5) is 0 Å². The summed E-state index contributed by atoms with van der Waals surface area (Å²) in [7, 11) is 2.23. The van der Waals surface area contributed by atoms with E-state index >= 15 is 0 Å². The van der Waals surface area contributed by atoms with Crippen LogP contribution in [-0.2, 0) is 0 Å². The molecule has 2 N–H and O–H groups in total. The highest BCUT2D eigenvalue weighted by atomic mass is 15.1. The van der Waals surface area contributed by atoms with Gasteiger partial charge >= 0.3 is 0 Å². The van der Waals surface area contributed by atoms with Crippen molar-refractivity contribution in [2.24, 2.45) is 0 Å². The highest BCUT2D eigenvalue weighted by Crippen LogP contribution is 2.12. The summed E-state index contributed by atoms with van der Waals surface area (Å²) >= 11 is 0. The molecule has 0 aliphatic carbocycles. The Kier molecular flexibility index (Phi) is 8.67. The fourth-order valence-corrected chi connectivity index (χ4v) is 2.83. The molecule has 1 fully saturated rings. The van der Waals surface area contributed by atoms with Gasteiger partial charge in [0.2, 0.25) is 0 Å². The number of nitrogens with one attached hydrogen (secondary N) is 2. The molecule has 0 amide bonds. The van der Waals surface area contributed by atoms with E-state index in [0.717, 1.165) is 19.1 Å². The molecule has 3 nitrogen and oxygen atoms in total. The molecule has 1 aliphatic rings. The van der Waals surface area contributed by atoms with Gasteiger partial charge in [0.25, 0.3) is 0 Å². The van der Waals surface area contributed by atoms with Gasteiger partial charge in [0.05, 0.1) is 0 Å². The first-order valence-corrected chi connectivity index (χ1v) is 8.30. The van der Waals surface area contributed by atoms with Crippen LogP contribution in [0.2, 0.25) is 0 Å². The Morgan fingerprint density at radius 1 is 1.26 bits per heavy atom. The highest BCUT2D eigenvalue weighted by molar-refractivity contribution is 4.76. The quantitative estimate of drug-likeness (QED) is 0.709. The third-order valence-corrected chi connectivity index (χ3v) is 4.60. The van der Waals surface area contributed by atoms with Crippen LogP contribution in [-0.4, -0.2) is 49.7 Å². The Hall–Kier alpha value is -0.120. The Bertz CT molecular complexity index is 212. The van der Waals surface area contributed by atoms with E-state index in [2.05, 4.69) is 43.4 Å². The summed E-state index contributed by atoms with van der Waals surface area (Å²) in [6.07, 6.45) is 8.04. The van der Waals surface area contributed by atoms with Crippen molar-refractivity contribution in [3.8, 4) is 0 Å². The lowest BCUT2D eigenvalue weighted by molar-refractivity contribution is 0.247. The zero-order chi connectivity index (χ0) is 14.1. The summed E-state index contributed by atoms with van der Waals surface area (Å²) < 4.78 is 0. The predicted molar refractivity (Wildman–Crippen MR) is 84.7 cm³/mol. The van der Waals surface area contributed by atoms with Gasteiger partial charge in [-0.05, 0) is 53.1 Å². The van der Waals surface area contributed by atoms with E-state index < -0.39 is 0 Å². The summed E-state index contributed by atoms with van der Waals surface area (Å²) in [5.74, 6) is 0. The molecular formula is C16H35N3. The van der Waals surface area contributed by atoms with Gasteiger partial charge in [-0.1, -0.05) is 19.8 Å². The van der Waals surface area contributed by atoms with Gasteiger partial charge < -0.3 is 15.5 Å². The molecule has 19 heavy (non-hydrogen) atoms. The molecule has 0 saturated carbocycles. The lowest BCUT2D eigenvalue weighted by atomic mass is 10.0. The second-order valence-corrected chi connectivity index (χ2v) is 6.33. The molecule has 0 radical (unpaired) electrons. The molecule has 0 aromatic carbocycles. The van der Waals surface area contributed by atoms with Gasteiger partial charge in [0, 0.05) is 31.2 Å². The summed E-state index contributed by atoms with van der Waals surface area (Å²) in [5, 5.41) is 7.37. The molecule has 0 bridgehead atoms. The molecule has 114 valence electrons. The topological polar surface area (TPSA) is 27.3 Å². The van der Waals surface area contributed by atoms with Gasteiger partial charge in [0.1, 0.15) is 0 Å². The van der Waals surface area contributed by atoms with Crippen LogP contribution >= 0.6 is 0 Å². The molecule has 3 heteroatoms. The first-order chi connectivity index (χ1) is 9.13. The second kappa shape index (κ2) is 9.73. The largest absolute Gasteiger partial charge is 0.314 e. The van der Waals surface area contributed by atoms with Crippen LogP contribution in [0.3, 0.4) is 0 Å². The van der Waals surface area contributed by atoms with Crippen molar-refractivity contribution >= 4 is 0 Å². The fourth-order valence-electron chi connectivity index (χ4n) is 2.83. The molecular weight excluding hydrogens is 234 g/mol. The van der Waals surface area contributed by atoms with Gasteiger partial charge in [-0.3, -0.25) is 0 Å². The van der Waals surface area contributed by atoms with Gasteiger partial charge in [-0.2, -0.15) is 0 Å². The van der Waals surface area contributed by atoms with E-state index in [1.54, 1.807) is 0 Å². The number of nitrogens with zero attached hydrogens (tertiary/aromatic N) is 1. The highest BCUT2D eigenvalue weighted by Gasteiger charge is 2.14. The minimum Gasteiger partial charge on any atom is -0.314 e. The third kappa shape index (κ3) is 7.28. The Morgan fingerprint density at radius 2 is 2.05 bits per heavy atom. The number of hydrogen-bond donors (Lipinski definition) is 2. The average Bonchev–Trinajstić information content (AvgIpc) is 2.66. The zero-order valence-corrected chi connectivity index (χ0v) is 13.5. The fraction of sp³-hybridized carbons (Fsp3) is 1.00. The minimum absolute atomic E-state index is 0.626. The van der Waals surface area contributed by atoms with Crippen molar-refractivity contribution in [3.63, 3.8) is 0 Å². The van der Waals surface area contributed by atoms with Crippen molar-refractivity contribution in [2.45, 2.75) is 77.4 Å². The van der Waals surface area contributed by atoms with E-state index in [9.17, 15) is 0 Å². The maximum atomic E-state index is 3.69. The van der Waals surface area contributed by atoms with Gasteiger partial charge in [-0.25, -0.2) is 0 Å². The van der Waals surface area contributed by atoms with Crippen LogP contribution < -0.4 is 10.6 Å². The lowest BCUT2D eigenvalue weighted by Gasteiger charge is -2.26. The van der Waals surface area contributed by atoms with Crippen LogP contribution in [0, 0.1) is 0 Å². The van der Waals surface area contributed by atoms with E-state index in [1.165, 1.54) is 45.1 Å². The van der Waals surface area contributed by atoms with E-state index in [4.69, 9.17) is 0 Å². The number of hydrogen-bond acceptors (Lipinski definition) is 3. The number of likely N-dealkylation sites (N-methyl/N-ethyl adjacent to an activating group) is 1. The van der Waals surface area contributed by atoms with Gasteiger partial charge in [0.15, 0.2) is 0 Å². The second-order valence-electron chi connectivity index (χ2n) is 6.33. The van der Waals surface area contributed by atoms with Crippen molar-refractivity contribution in [3.05, 3.63) is 0 Å². The molecule has 1 heterocycles. The van der Waals surface area contributed by atoms with Crippen LogP contribution in [0.25, 0.3) is 0 Å². The Balaban J connectivity index is 2.11. The number of rotatable bonds is 8. The normalized spacial score (nSPS) is 24.2. The standard InChI is InChI=1S/C16H35N3/c1-5-15(3)19(4)12-11-17-14(2)13-16-9-7-6-8-10-18-16/h14-18H,5-13H2,1-4H3. The van der Waals surface area contributed by atoms with Crippen molar-refractivity contribution < 1.29 is 0 Å². The lowest BCUT2D eigenvalue weighted by Crippen LogP contribution is -2.41. The smallest absolute Gasteiger partial charge is 0.0107 e.